The molecule has 0 unspecified atom stereocenters. The Morgan fingerprint density at radius 2 is 2.08 bits per heavy atom. The lowest BCUT2D eigenvalue weighted by molar-refractivity contribution is -0.0250. The Bertz CT molecular complexity index is 308. The molecule has 12 heavy (non-hydrogen) atoms. The summed E-state index contributed by atoms with van der Waals surface area (Å²) in [5.74, 6) is 0. The molecular formula is C7H5ClN2O2. The minimum absolute atomic E-state index is 0.346. The van der Waals surface area contributed by atoms with Crippen LogP contribution in [0.15, 0.2) is 25.0 Å². The number of aromatic nitrogens is 2. The zero-order valence-electron chi connectivity index (χ0n) is 5.98. The molecule has 0 aliphatic carbocycles. The Morgan fingerprint density at radius 1 is 1.33 bits per heavy atom. The zero-order chi connectivity index (χ0) is 8.39. The Labute approximate surface area is 73.8 Å². The van der Waals surface area contributed by atoms with Gasteiger partial charge in [-0.15, -0.1) is 0 Å². The highest BCUT2D eigenvalue weighted by Gasteiger charge is 2.19. The SMILES string of the molecule is Clc1ncncc1C1OC=CO1. The maximum Gasteiger partial charge on any atom is 0.270 e. The van der Waals surface area contributed by atoms with Crippen LogP contribution < -0.4 is 0 Å². The first-order chi connectivity index (χ1) is 5.88. The summed E-state index contributed by atoms with van der Waals surface area (Å²) in [7, 11) is 0. The molecule has 2 heterocycles. The van der Waals surface area contributed by atoms with E-state index in [1.807, 2.05) is 0 Å². The van der Waals surface area contributed by atoms with Crippen molar-refractivity contribution < 1.29 is 9.47 Å². The van der Waals surface area contributed by atoms with E-state index in [2.05, 4.69) is 9.97 Å². The molecule has 62 valence electrons. The standard InChI is InChI=1S/C7H5ClN2O2/c8-6-5(3-9-4-10-6)7-11-1-2-12-7/h1-4,7H. The van der Waals surface area contributed by atoms with Crippen molar-refractivity contribution in [3.05, 3.63) is 35.8 Å². The van der Waals surface area contributed by atoms with E-state index in [0.29, 0.717) is 10.7 Å². The van der Waals surface area contributed by atoms with Gasteiger partial charge in [0.25, 0.3) is 6.29 Å². The van der Waals surface area contributed by atoms with Gasteiger partial charge in [0.05, 0.1) is 5.56 Å². The van der Waals surface area contributed by atoms with Gasteiger partial charge in [-0.3, -0.25) is 0 Å². The van der Waals surface area contributed by atoms with E-state index in [1.54, 1.807) is 6.20 Å². The van der Waals surface area contributed by atoms with E-state index >= 15 is 0 Å². The maximum absolute atomic E-state index is 5.77. The summed E-state index contributed by atoms with van der Waals surface area (Å²) in [5, 5.41) is 0.346. The number of rotatable bonds is 1. The molecule has 2 rings (SSSR count). The van der Waals surface area contributed by atoms with Gasteiger partial charge < -0.3 is 9.47 Å². The fourth-order valence-corrected chi connectivity index (χ4v) is 1.05. The summed E-state index contributed by atoms with van der Waals surface area (Å²) < 4.78 is 10.1. The molecule has 0 atom stereocenters. The molecule has 1 aliphatic rings. The van der Waals surface area contributed by atoms with Crippen LogP contribution in [0.4, 0.5) is 0 Å². The largest absolute Gasteiger partial charge is 0.455 e. The monoisotopic (exact) mass is 184 g/mol. The lowest BCUT2D eigenvalue weighted by Crippen LogP contribution is -2.00. The number of ether oxygens (including phenoxy) is 2. The molecule has 0 N–H and O–H groups in total. The number of hydrogen-bond donors (Lipinski definition) is 0. The van der Waals surface area contributed by atoms with Gasteiger partial charge in [0.2, 0.25) is 0 Å². The van der Waals surface area contributed by atoms with Gasteiger partial charge in [-0.05, 0) is 0 Å². The second kappa shape index (κ2) is 2.98. The Hall–Kier alpha value is -1.29. The first-order valence-corrected chi connectivity index (χ1v) is 3.67. The van der Waals surface area contributed by atoms with Crippen molar-refractivity contribution in [3.8, 4) is 0 Å². The van der Waals surface area contributed by atoms with Crippen LogP contribution in [0.5, 0.6) is 0 Å². The average molecular weight is 185 g/mol. The van der Waals surface area contributed by atoms with Gasteiger partial charge in [0, 0.05) is 6.20 Å². The molecule has 0 spiro atoms. The number of nitrogens with zero attached hydrogens (tertiary/aromatic N) is 2. The highest BCUT2D eigenvalue weighted by molar-refractivity contribution is 6.30. The number of halogens is 1. The van der Waals surface area contributed by atoms with Crippen LogP contribution >= 0.6 is 11.6 Å². The molecule has 1 aromatic heterocycles. The Kier molecular flexibility index (Phi) is 1.83. The third kappa shape index (κ3) is 1.21. The minimum atomic E-state index is -0.501. The van der Waals surface area contributed by atoms with Gasteiger partial charge >= 0.3 is 0 Å². The maximum atomic E-state index is 5.77. The van der Waals surface area contributed by atoms with E-state index < -0.39 is 6.29 Å². The molecule has 0 fully saturated rings. The summed E-state index contributed by atoms with van der Waals surface area (Å²) in [6.45, 7) is 0. The van der Waals surface area contributed by atoms with E-state index in [9.17, 15) is 0 Å². The quantitative estimate of drug-likeness (QED) is 0.623. The summed E-state index contributed by atoms with van der Waals surface area (Å²) in [6, 6.07) is 0. The van der Waals surface area contributed by atoms with Gasteiger partial charge in [0.1, 0.15) is 24.0 Å². The lowest BCUT2D eigenvalue weighted by atomic mass is 10.3. The third-order valence-corrected chi connectivity index (χ3v) is 1.72. The second-order valence-corrected chi connectivity index (χ2v) is 2.50. The fourth-order valence-electron chi connectivity index (χ4n) is 0.869. The molecule has 0 aromatic carbocycles. The molecule has 0 amide bonds. The van der Waals surface area contributed by atoms with Gasteiger partial charge in [-0.1, -0.05) is 11.6 Å². The van der Waals surface area contributed by atoms with Crippen molar-refractivity contribution in [1.82, 2.24) is 9.97 Å². The van der Waals surface area contributed by atoms with Crippen LogP contribution in [0.25, 0.3) is 0 Å². The number of hydrogen-bond acceptors (Lipinski definition) is 4. The summed E-state index contributed by atoms with van der Waals surface area (Å²) in [5.41, 5.74) is 0.629. The van der Waals surface area contributed by atoms with E-state index in [4.69, 9.17) is 21.1 Å². The fraction of sp³-hybridized carbons (Fsp3) is 0.143. The van der Waals surface area contributed by atoms with Crippen LogP contribution in [0, 0.1) is 0 Å². The topological polar surface area (TPSA) is 44.2 Å². The molecule has 0 bridgehead atoms. The Morgan fingerprint density at radius 3 is 2.75 bits per heavy atom. The van der Waals surface area contributed by atoms with Crippen LogP contribution in [0.2, 0.25) is 5.15 Å². The molecule has 4 nitrogen and oxygen atoms in total. The molecular weight excluding hydrogens is 180 g/mol. The highest BCUT2D eigenvalue weighted by atomic mass is 35.5. The first kappa shape index (κ1) is 7.36. The normalized spacial score (nSPS) is 15.8. The predicted octanol–water partition coefficient (Wildman–Crippen LogP) is 1.65. The molecule has 0 saturated heterocycles. The van der Waals surface area contributed by atoms with Gasteiger partial charge in [0.15, 0.2) is 0 Å². The van der Waals surface area contributed by atoms with Crippen molar-refractivity contribution in [3.63, 3.8) is 0 Å². The smallest absolute Gasteiger partial charge is 0.270 e. The van der Waals surface area contributed by atoms with E-state index in [0.717, 1.165) is 0 Å². The van der Waals surface area contributed by atoms with Crippen molar-refractivity contribution in [2.24, 2.45) is 0 Å². The van der Waals surface area contributed by atoms with Crippen LogP contribution in [-0.2, 0) is 9.47 Å². The molecule has 0 saturated carbocycles. The van der Waals surface area contributed by atoms with E-state index in [-0.39, 0.29) is 0 Å². The summed E-state index contributed by atoms with van der Waals surface area (Å²) >= 11 is 5.77. The van der Waals surface area contributed by atoms with Crippen molar-refractivity contribution in [1.29, 1.82) is 0 Å². The average Bonchev–Trinajstić information content (AvgIpc) is 2.57. The zero-order valence-corrected chi connectivity index (χ0v) is 6.73. The second-order valence-electron chi connectivity index (χ2n) is 2.15. The molecule has 1 aliphatic heterocycles. The van der Waals surface area contributed by atoms with Gasteiger partial charge in [-0.2, -0.15) is 0 Å². The molecule has 1 aromatic rings. The van der Waals surface area contributed by atoms with Gasteiger partial charge in [-0.25, -0.2) is 9.97 Å². The van der Waals surface area contributed by atoms with Crippen LogP contribution in [0.1, 0.15) is 11.9 Å². The summed E-state index contributed by atoms with van der Waals surface area (Å²) in [6.07, 6.45) is 5.34. The van der Waals surface area contributed by atoms with Crippen LogP contribution in [0.3, 0.4) is 0 Å². The highest BCUT2D eigenvalue weighted by Crippen LogP contribution is 2.27. The lowest BCUT2D eigenvalue weighted by Gasteiger charge is -2.09. The third-order valence-electron chi connectivity index (χ3n) is 1.40. The van der Waals surface area contributed by atoms with Crippen molar-refractivity contribution >= 4 is 11.6 Å². The van der Waals surface area contributed by atoms with Crippen LogP contribution in [-0.4, -0.2) is 9.97 Å². The molecule has 5 heteroatoms. The van der Waals surface area contributed by atoms with Crippen molar-refractivity contribution in [2.45, 2.75) is 6.29 Å². The Balaban J connectivity index is 2.27. The summed E-state index contributed by atoms with van der Waals surface area (Å²) in [4.78, 5) is 7.60. The minimum Gasteiger partial charge on any atom is -0.455 e. The first-order valence-electron chi connectivity index (χ1n) is 3.29. The predicted molar refractivity (Wildman–Crippen MR) is 41.1 cm³/mol. The molecule has 0 radical (unpaired) electrons. The van der Waals surface area contributed by atoms with E-state index in [1.165, 1.54) is 18.9 Å². The van der Waals surface area contributed by atoms with Crippen molar-refractivity contribution in [2.75, 3.05) is 0 Å².